The average molecular weight is 683 g/mol. The normalized spacial score (nSPS) is 11.0. The van der Waals surface area contributed by atoms with Gasteiger partial charge in [-0.3, -0.25) is 0 Å². The average Bonchev–Trinajstić information content (AvgIpc) is 3.93. The van der Waals surface area contributed by atoms with Gasteiger partial charge in [-0.2, -0.15) is 9.97 Å². The van der Waals surface area contributed by atoms with Gasteiger partial charge in [0.05, 0.1) is 12.4 Å². The molecule has 248 valence electrons. The molecule has 0 bridgehead atoms. The van der Waals surface area contributed by atoms with E-state index in [2.05, 4.69) is 61.3 Å². The number of aromatic nitrogens is 14. The Morgan fingerprint density at radius 2 is 0.940 bits per heavy atom. The molecular formula is C30H18F4N14O2. The molecule has 2 aromatic carbocycles. The second-order valence-corrected chi connectivity index (χ2v) is 10.3. The molecule has 0 saturated heterocycles. The van der Waals surface area contributed by atoms with E-state index in [1.54, 1.807) is 26.2 Å². The van der Waals surface area contributed by atoms with E-state index in [4.69, 9.17) is 9.05 Å². The van der Waals surface area contributed by atoms with Gasteiger partial charge < -0.3 is 9.05 Å². The molecule has 0 aliphatic heterocycles. The van der Waals surface area contributed by atoms with E-state index in [0.717, 1.165) is 12.4 Å². The van der Waals surface area contributed by atoms with Crippen molar-refractivity contribution in [2.24, 2.45) is 14.1 Å². The fourth-order valence-electron chi connectivity index (χ4n) is 4.54. The lowest BCUT2D eigenvalue weighted by atomic mass is 10.1. The molecule has 0 spiro atoms. The minimum absolute atomic E-state index is 0.0944. The van der Waals surface area contributed by atoms with E-state index in [9.17, 15) is 17.6 Å². The van der Waals surface area contributed by atoms with Crippen molar-refractivity contribution in [3.05, 3.63) is 96.3 Å². The lowest BCUT2D eigenvalue weighted by Gasteiger charge is -2.02. The number of tetrazole rings is 2. The van der Waals surface area contributed by atoms with Crippen LogP contribution in [0.3, 0.4) is 0 Å². The zero-order valence-electron chi connectivity index (χ0n) is 25.5. The maximum absolute atomic E-state index is 14.0. The van der Waals surface area contributed by atoms with E-state index in [1.807, 2.05) is 0 Å². The fraction of sp³-hybridized carbons (Fsp3) is 0.0667. The summed E-state index contributed by atoms with van der Waals surface area (Å²) < 4.78 is 67.0. The summed E-state index contributed by atoms with van der Waals surface area (Å²) in [5.41, 5.74) is 2.32. The predicted molar refractivity (Wildman–Crippen MR) is 161 cm³/mol. The number of hydrogen-bond acceptors (Lipinski definition) is 14. The zero-order valence-corrected chi connectivity index (χ0v) is 25.5. The summed E-state index contributed by atoms with van der Waals surface area (Å²) in [5.74, 6) is -0.651. The first-order valence-corrected chi connectivity index (χ1v) is 14.2. The molecule has 0 aliphatic carbocycles. The summed E-state index contributed by atoms with van der Waals surface area (Å²) in [6.45, 7) is 0. The number of aryl methyl sites for hydroxylation is 2. The maximum Gasteiger partial charge on any atom is 0.258 e. The monoisotopic (exact) mass is 682 g/mol. The highest BCUT2D eigenvalue weighted by Gasteiger charge is 2.17. The minimum Gasteiger partial charge on any atom is -0.334 e. The predicted octanol–water partition coefficient (Wildman–Crippen LogP) is 4.53. The van der Waals surface area contributed by atoms with Crippen molar-refractivity contribution in [1.29, 1.82) is 0 Å². The van der Waals surface area contributed by atoms with Crippen molar-refractivity contribution < 1.29 is 26.6 Å². The van der Waals surface area contributed by atoms with Gasteiger partial charge in [-0.1, -0.05) is 10.3 Å². The molecule has 0 atom stereocenters. The lowest BCUT2D eigenvalue weighted by molar-refractivity contribution is 0.431. The Morgan fingerprint density at radius 1 is 0.520 bits per heavy atom. The van der Waals surface area contributed by atoms with Crippen LogP contribution in [0.15, 0.2) is 82.1 Å². The fourth-order valence-corrected chi connectivity index (χ4v) is 4.54. The third-order valence-corrected chi connectivity index (χ3v) is 6.81. The van der Waals surface area contributed by atoms with Crippen LogP contribution in [0, 0.1) is 23.3 Å². The van der Waals surface area contributed by atoms with Gasteiger partial charge in [-0.05, 0) is 81.5 Å². The highest BCUT2D eigenvalue weighted by atomic mass is 19.1. The number of benzene rings is 2. The van der Waals surface area contributed by atoms with Crippen LogP contribution in [-0.4, -0.2) is 70.7 Å². The van der Waals surface area contributed by atoms with Gasteiger partial charge in [-0.15, -0.1) is 10.2 Å². The van der Waals surface area contributed by atoms with E-state index >= 15 is 0 Å². The summed E-state index contributed by atoms with van der Waals surface area (Å²) in [7, 11) is 3.29. The van der Waals surface area contributed by atoms with Crippen molar-refractivity contribution in [2.75, 3.05) is 0 Å². The molecule has 0 fully saturated rings. The summed E-state index contributed by atoms with van der Waals surface area (Å²) in [6, 6.07) is 13.7. The third kappa shape index (κ3) is 6.65. The van der Waals surface area contributed by atoms with Crippen molar-refractivity contribution in [3.63, 3.8) is 0 Å². The molecule has 8 aromatic rings. The maximum atomic E-state index is 14.0. The molecule has 0 unspecified atom stereocenters. The van der Waals surface area contributed by atoms with Gasteiger partial charge in [-0.25, -0.2) is 36.9 Å². The molecule has 16 nitrogen and oxygen atoms in total. The summed E-state index contributed by atoms with van der Waals surface area (Å²) in [5, 5.41) is 29.8. The molecule has 0 saturated carbocycles. The molecule has 50 heavy (non-hydrogen) atoms. The number of hydrogen-bond donors (Lipinski definition) is 0. The second-order valence-electron chi connectivity index (χ2n) is 10.3. The smallest absolute Gasteiger partial charge is 0.258 e. The highest BCUT2D eigenvalue weighted by molar-refractivity contribution is 5.67. The van der Waals surface area contributed by atoms with Gasteiger partial charge >= 0.3 is 0 Å². The molecule has 6 heterocycles. The van der Waals surface area contributed by atoms with Crippen LogP contribution in [0.2, 0.25) is 0 Å². The van der Waals surface area contributed by atoms with Crippen molar-refractivity contribution in [2.45, 2.75) is 0 Å². The Hall–Kier alpha value is -7.12. The molecule has 0 N–H and O–H groups in total. The van der Waals surface area contributed by atoms with Crippen LogP contribution < -0.4 is 0 Å². The van der Waals surface area contributed by atoms with Crippen LogP contribution in [0.25, 0.3) is 68.7 Å². The highest BCUT2D eigenvalue weighted by Crippen LogP contribution is 2.28. The van der Waals surface area contributed by atoms with Gasteiger partial charge in [0.25, 0.3) is 11.8 Å². The quantitative estimate of drug-likeness (QED) is 0.222. The van der Waals surface area contributed by atoms with Gasteiger partial charge in [0.2, 0.25) is 11.6 Å². The first-order valence-electron chi connectivity index (χ1n) is 14.2. The molecular weight excluding hydrogens is 664 g/mol. The first-order chi connectivity index (χ1) is 24.2. The van der Waals surface area contributed by atoms with E-state index in [-0.39, 0.29) is 23.4 Å². The van der Waals surface area contributed by atoms with E-state index in [0.29, 0.717) is 45.3 Å². The third-order valence-electron chi connectivity index (χ3n) is 6.81. The Kier molecular flexibility index (Phi) is 8.30. The lowest BCUT2D eigenvalue weighted by Crippen LogP contribution is -1.95. The molecule has 0 aliphatic rings. The Balaban J connectivity index is 0.000000157. The number of halogens is 4. The SMILES string of the molecule is Cn1nnnc1-c1cc(F)cc(-c2nc(-c3ccc(F)cn3)no2)c1.Cn1nnnc1-c1cc(F)cc(-c2nc(-c3ccc(F)cn3)no2)c1. The van der Waals surface area contributed by atoms with Crippen molar-refractivity contribution in [3.8, 4) is 68.7 Å². The second kappa shape index (κ2) is 13.2. The zero-order chi connectivity index (χ0) is 34.8. The summed E-state index contributed by atoms with van der Waals surface area (Å²) in [4.78, 5) is 16.1. The summed E-state index contributed by atoms with van der Waals surface area (Å²) >= 11 is 0. The van der Waals surface area contributed by atoms with Crippen LogP contribution in [0.1, 0.15) is 0 Å². The molecule has 20 heteroatoms. The molecule has 0 radical (unpaired) electrons. The molecule has 8 rings (SSSR count). The van der Waals surface area contributed by atoms with E-state index < -0.39 is 23.3 Å². The van der Waals surface area contributed by atoms with E-state index in [1.165, 1.54) is 57.9 Å². The van der Waals surface area contributed by atoms with Crippen LogP contribution in [0.5, 0.6) is 0 Å². The molecule has 6 aromatic heterocycles. The van der Waals surface area contributed by atoms with Crippen molar-refractivity contribution >= 4 is 0 Å². The Bertz CT molecular complexity index is 2250. The minimum atomic E-state index is -0.504. The number of pyridine rings is 2. The van der Waals surface area contributed by atoms with Crippen LogP contribution in [-0.2, 0) is 14.1 Å². The van der Waals surface area contributed by atoms with Gasteiger partial charge in [0.1, 0.15) is 34.7 Å². The van der Waals surface area contributed by atoms with Gasteiger partial charge in [0.15, 0.2) is 11.6 Å². The number of rotatable bonds is 6. The van der Waals surface area contributed by atoms with Gasteiger partial charge in [0, 0.05) is 36.3 Å². The topological polar surface area (TPSA) is 191 Å². The largest absolute Gasteiger partial charge is 0.334 e. The standard InChI is InChI=1S/2C15H9F2N7O/c2*1-24-14(20-22-23-24)8-4-9(6-11(17)5-8)15-19-13(21-25-15)12-3-2-10(16)7-18-12/h2*2-7H,1H3. The van der Waals surface area contributed by atoms with Crippen LogP contribution >= 0.6 is 0 Å². The van der Waals surface area contributed by atoms with Crippen LogP contribution in [0.4, 0.5) is 17.6 Å². The first kappa shape index (κ1) is 31.5. The Morgan fingerprint density at radius 3 is 1.30 bits per heavy atom. The Labute approximate surface area is 276 Å². The molecule has 0 amide bonds. The number of nitrogens with zero attached hydrogens (tertiary/aromatic N) is 14. The summed E-state index contributed by atoms with van der Waals surface area (Å²) in [6.07, 6.45) is 2.10. The van der Waals surface area contributed by atoms with Crippen molar-refractivity contribution in [1.82, 2.24) is 70.7 Å².